The molecule has 0 bridgehead atoms. The molecule has 1 N–H and O–H groups in total. The van der Waals surface area contributed by atoms with Crippen LogP contribution in [0.4, 0.5) is 5.69 Å². The lowest BCUT2D eigenvalue weighted by Gasteiger charge is -2.11. The van der Waals surface area contributed by atoms with Crippen molar-refractivity contribution >= 4 is 23.2 Å². The van der Waals surface area contributed by atoms with Crippen LogP contribution in [-0.2, 0) is 11.3 Å². The zero-order valence-corrected chi connectivity index (χ0v) is 17.9. The second-order valence-electron chi connectivity index (χ2n) is 6.88. The summed E-state index contributed by atoms with van der Waals surface area (Å²) in [5, 5.41) is 7.27. The van der Waals surface area contributed by atoms with Crippen molar-refractivity contribution < 1.29 is 14.3 Å². The van der Waals surface area contributed by atoms with Crippen LogP contribution in [0.5, 0.6) is 11.5 Å². The number of hydrogen-bond donors (Lipinski definition) is 1. The number of hydrogen-bond acceptors (Lipinski definition) is 5. The Balaban J connectivity index is 1.28. The Kier molecular flexibility index (Phi) is 6.99. The molecule has 4 aromatic rings. The van der Waals surface area contributed by atoms with Crippen molar-refractivity contribution in [1.29, 1.82) is 0 Å². The Labute approximate surface area is 190 Å². The standard InChI is InChI=1S/C24H21ClN4O3/c25-22-13-19(18-5-2-1-3-6-18)9-10-23(22)32-15-24(30)28-20-7-4-8-21(14-20)31-12-11-29-17-26-16-27-29/h1-10,13-14,16-17H,11-12,15H2,(H,28,30). The monoisotopic (exact) mass is 448 g/mol. The Morgan fingerprint density at radius 3 is 2.62 bits per heavy atom. The predicted molar refractivity (Wildman–Crippen MR) is 123 cm³/mol. The molecule has 0 aliphatic heterocycles. The molecule has 0 spiro atoms. The van der Waals surface area contributed by atoms with Crippen LogP contribution in [0.25, 0.3) is 11.1 Å². The second-order valence-corrected chi connectivity index (χ2v) is 7.29. The molecule has 32 heavy (non-hydrogen) atoms. The molecule has 4 rings (SSSR count). The number of nitrogens with one attached hydrogen (secondary N) is 1. The van der Waals surface area contributed by atoms with Crippen LogP contribution in [0.1, 0.15) is 0 Å². The van der Waals surface area contributed by atoms with Crippen molar-refractivity contribution in [3.05, 3.63) is 90.5 Å². The molecule has 0 radical (unpaired) electrons. The van der Waals surface area contributed by atoms with E-state index in [1.54, 1.807) is 35.3 Å². The van der Waals surface area contributed by atoms with Gasteiger partial charge in [-0.15, -0.1) is 0 Å². The summed E-state index contributed by atoms with van der Waals surface area (Å²) in [7, 11) is 0. The lowest BCUT2D eigenvalue weighted by Crippen LogP contribution is -2.20. The Morgan fingerprint density at radius 2 is 1.84 bits per heavy atom. The Bertz CT molecular complexity index is 1170. The van der Waals surface area contributed by atoms with Gasteiger partial charge in [0.2, 0.25) is 0 Å². The number of benzene rings is 3. The summed E-state index contributed by atoms with van der Waals surface area (Å²) in [4.78, 5) is 16.2. The van der Waals surface area contributed by atoms with Crippen molar-refractivity contribution in [3.63, 3.8) is 0 Å². The van der Waals surface area contributed by atoms with E-state index in [1.807, 2.05) is 48.5 Å². The molecule has 0 fully saturated rings. The number of halogens is 1. The minimum absolute atomic E-state index is 0.165. The van der Waals surface area contributed by atoms with E-state index < -0.39 is 0 Å². The third-order valence-electron chi connectivity index (χ3n) is 4.57. The molecule has 1 heterocycles. The molecule has 0 aliphatic carbocycles. The van der Waals surface area contributed by atoms with E-state index in [2.05, 4.69) is 15.4 Å². The molecule has 0 unspecified atom stereocenters. The molecule has 1 aromatic heterocycles. The summed E-state index contributed by atoms with van der Waals surface area (Å²) in [5.41, 5.74) is 2.65. The summed E-state index contributed by atoms with van der Waals surface area (Å²) in [6.07, 6.45) is 3.10. The van der Waals surface area contributed by atoms with Gasteiger partial charge < -0.3 is 14.8 Å². The number of amides is 1. The van der Waals surface area contributed by atoms with Crippen LogP contribution in [0.2, 0.25) is 5.02 Å². The summed E-state index contributed by atoms with van der Waals surface area (Å²) in [5.74, 6) is 0.794. The van der Waals surface area contributed by atoms with Gasteiger partial charge in [-0.2, -0.15) is 5.10 Å². The van der Waals surface area contributed by atoms with Crippen molar-refractivity contribution in [2.75, 3.05) is 18.5 Å². The molecular weight excluding hydrogens is 428 g/mol. The van der Waals surface area contributed by atoms with Gasteiger partial charge in [0.05, 0.1) is 11.6 Å². The Morgan fingerprint density at radius 1 is 0.969 bits per heavy atom. The van der Waals surface area contributed by atoms with Crippen molar-refractivity contribution in [2.45, 2.75) is 6.54 Å². The summed E-state index contributed by atoms with van der Waals surface area (Å²) >= 11 is 6.35. The van der Waals surface area contributed by atoms with E-state index in [4.69, 9.17) is 21.1 Å². The fraction of sp³-hybridized carbons (Fsp3) is 0.125. The molecular formula is C24H21ClN4O3. The first kappa shape index (κ1) is 21.4. The molecule has 7 nitrogen and oxygen atoms in total. The van der Waals surface area contributed by atoms with Gasteiger partial charge in [0.1, 0.15) is 30.8 Å². The quantitative estimate of drug-likeness (QED) is 0.401. The van der Waals surface area contributed by atoms with E-state index in [0.29, 0.717) is 35.4 Å². The summed E-state index contributed by atoms with van der Waals surface area (Å²) in [6, 6.07) is 22.6. The lowest BCUT2D eigenvalue weighted by atomic mass is 10.1. The van der Waals surface area contributed by atoms with Crippen LogP contribution >= 0.6 is 11.6 Å². The average molecular weight is 449 g/mol. The number of carbonyl (C=O) groups is 1. The van der Waals surface area contributed by atoms with Crippen molar-refractivity contribution in [1.82, 2.24) is 14.8 Å². The number of aromatic nitrogens is 3. The Hall–Kier alpha value is -3.84. The molecule has 0 saturated carbocycles. The highest BCUT2D eigenvalue weighted by Crippen LogP contribution is 2.30. The third kappa shape index (κ3) is 5.86. The van der Waals surface area contributed by atoms with Gasteiger partial charge >= 0.3 is 0 Å². The van der Waals surface area contributed by atoms with Crippen LogP contribution in [-0.4, -0.2) is 33.9 Å². The molecule has 3 aromatic carbocycles. The molecule has 0 aliphatic rings. The second kappa shape index (κ2) is 10.5. The molecule has 0 saturated heterocycles. The first-order valence-corrected chi connectivity index (χ1v) is 10.4. The van der Waals surface area contributed by atoms with Gasteiger partial charge in [-0.3, -0.25) is 4.79 Å². The third-order valence-corrected chi connectivity index (χ3v) is 4.87. The SMILES string of the molecule is O=C(COc1ccc(-c2ccccc2)cc1Cl)Nc1cccc(OCCn2cncn2)c1. The minimum atomic E-state index is -0.298. The number of rotatable bonds is 9. The molecule has 8 heteroatoms. The smallest absolute Gasteiger partial charge is 0.262 e. The van der Waals surface area contributed by atoms with Crippen molar-refractivity contribution in [2.24, 2.45) is 0 Å². The van der Waals surface area contributed by atoms with Crippen LogP contribution in [0.3, 0.4) is 0 Å². The predicted octanol–water partition coefficient (Wildman–Crippen LogP) is 4.70. The van der Waals surface area contributed by atoms with Crippen LogP contribution < -0.4 is 14.8 Å². The number of nitrogens with zero attached hydrogens (tertiary/aromatic N) is 3. The van der Waals surface area contributed by atoms with Gasteiger partial charge in [0.15, 0.2) is 6.61 Å². The summed E-state index contributed by atoms with van der Waals surface area (Å²) < 4.78 is 13.0. The minimum Gasteiger partial charge on any atom is -0.492 e. The number of carbonyl (C=O) groups excluding carboxylic acids is 1. The maximum Gasteiger partial charge on any atom is 0.262 e. The summed E-state index contributed by atoms with van der Waals surface area (Å²) in [6.45, 7) is 0.845. The number of anilines is 1. The van der Waals surface area contributed by atoms with Crippen molar-refractivity contribution in [3.8, 4) is 22.6 Å². The van der Waals surface area contributed by atoms with Gasteiger partial charge in [-0.1, -0.05) is 54.1 Å². The topological polar surface area (TPSA) is 78.3 Å². The van der Waals surface area contributed by atoms with Gasteiger partial charge in [-0.25, -0.2) is 9.67 Å². The highest BCUT2D eigenvalue weighted by atomic mass is 35.5. The van der Waals surface area contributed by atoms with E-state index in [9.17, 15) is 4.79 Å². The molecule has 162 valence electrons. The van der Waals surface area contributed by atoms with Gasteiger partial charge in [0, 0.05) is 11.8 Å². The molecule has 0 atom stereocenters. The largest absolute Gasteiger partial charge is 0.492 e. The van der Waals surface area contributed by atoms with E-state index in [-0.39, 0.29) is 12.5 Å². The van der Waals surface area contributed by atoms with Gasteiger partial charge in [-0.05, 0) is 35.4 Å². The van der Waals surface area contributed by atoms with Crippen LogP contribution in [0.15, 0.2) is 85.5 Å². The highest BCUT2D eigenvalue weighted by Gasteiger charge is 2.09. The number of ether oxygens (including phenoxy) is 2. The van der Waals surface area contributed by atoms with Gasteiger partial charge in [0.25, 0.3) is 5.91 Å². The molecule has 1 amide bonds. The maximum absolute atomic E-state index is 12.3. The zero-order valence-electron chi connectivity index (χ0n) is 17.1. The first-order chi connectivity index (χ1) is 15.7. The van der Waals surface area contributed by atoms with E-state index in [0.717, 1.165) is 11.1 Å². The normalized spacial score (nSPS) is 10.5. The zero-order chi connectivity index (χ0) is 22.2. The van der Waals surface area contributed by atoms with Crippen LogP contribution in [0, 0.1) is 0 Å². The maximum atomic E-state index is 12.3. The highest BCUT2D eigenvalue weighted by molar-refractivity contribution is 6.32. The fourth-order valence-corrected chi connectivity index (χ4v) is 3.27. The fourth-order valence-electron chi connectivity index (χ4n) is 3.04. The average Bonchev–Trinajstić information content (AvgIpc) is 3.33. The van der Waals surface area contributed by atoms with E-state index in [1.165, 1.54) is 6.33 Å². The van der Waals surface area contributed by atoms with E-state index >= 15 is 0 Å². The lowest BCUT2D eigenvalue weighted by molar-refractivity contribution is -0.118. The first-order valence-electron chi connectivity index (χ1n) is 10.0.